The predicted molar refractivity (Wildman–Crippen MR) is 88.1 cm³/mol. The van der Waals surface area contributed by atoms with Gasteiger partial charge in [0.15, 0.2) is 0 Å². The molecule has 0 saturated carbocycles. The smallest absolute Gasteiger partial charge is 0.416 e. The molecule has 0 amide bonds. The molecule has 0 atom stereocenters. The van der Waals surface area contributed by atoms with Crippen LogP contribution in [-0.2, 0) is 12.6 Å². The lowest BCUT2D eigenvalue weighted by atomic mass is 10.1. The van der Waals surface area contributed by atoms with Gasteiger partial charge in [-0.3, -0.25) is 5.10 Å². The zero-order chi connectivity index (χ0) is 17.6. The molecule has 25 heavy (non-hydrogen) atoms. The number of ether oxygens (including phenoxy) is 1. The quantitative estimate of drug-likeness (QED) is 0.563. The largest absolute Gasteiger partial charge is 0.496 e. The Bertz CT molecular complexity index is 947. The van der Waals surface area contributed by atoms with Crippen LogP contribution < -0.4 is 10.1 Å². The maximum Gasteiger partial charge on any atom is 0.416 e. The summed E-state index contributed by atoms with van der Waals surface area (Å²) >= 11 is 0. The molecule has 3 aromatic rings. The SMILES string of the molecule is COc1cccc2c1Cc1c-2n[nH]c1Nc1cccc(C(F)(F)F)c1. The number of aromatic amines is 1. The lowest BCUT2D eigenvalue weighted by Crippen LogP contribution is -2.05. The van der Waals surface area contributed by atoms with Crippen molar-refractivity contribution in [3.63, 3.8) is 0 Å². The number of benzene rings is 2. The topological polar surface area (TPSA) is 49.9 Å². The number of hydrogen-bond donors (Lipinski definition) is 2. The molecule has 0 aliphatic heterocycles. The predicted octanol–water partition coefficient (Wildman–Crippen LogP) is 4.75. The van der Waals surface area contributed by atoms with Gasteiger partial charge in [0.05, 0.1) is 18.4 Å². The molecular weight excluding hydrogens is 331 g/mol. The summed E-state index contributed by atoms with van der Waals surface area (Å²) in [5, 5.41) is 10.2. The Balaban J connectivity index is 1.67. The van der Waals surface area contributed by atoms with Crippen LogP contribution in [-0.4, -0.2) is 17.3 Å². The molecule has 0 unspecified atom stereocenters. The van der Waals surface area contributed by atoms with Gasteiger partial charge in [0.2, 0.25) is 0 Å². The fraction of sp³-hybridized carbons (Fsp3) is 0.167. The van der Waals surface area contributed by atoms with Gasteiger partial charge < -0.3 is 10.1 Å². The van der Waals surface area contributed by atoms with Gasteiger partial charge in [-0.25, -0.2) is 0 Å². The molecule has 1 aromatic heterocycles. The number of hydrogen-bond acceptors (Lipinski definition) is 3. The molecule has 0 saturated heterocycles. The highest BCUT2D eigenvalue weighted by Crippen LogP contribution is 2.43. The number of aromatic nitrogens is 2. The monoisotopic (exact) mass is 345 g/mol. The van der Waals surface area contributed by atoms with E-state index in [0.29, 0.717) is 17.9 Å². The molecule has 1 aliphatic rings. The van der Waals surface area contributed by atoms with Crippen molar-refractivity contribution < 1.29 is 17.9 Å². The number of alkyl halides is 3. The third-order valence-corrected chi connectivity index (χ3v) is 4.29. The van der Waals surface area contributed by atoms with Gasteiger partial charge in [-0.05, 0) is 24.3 Å². The van der Waals surface area contributed by atoms with Gasteiger partial charge >= 0.3 is 6.18 Å². The summed E-state index contributed by atoms with van der Waals surface area (Å²) in [5.74, 6) is 1.37. The van der Waals surface area contributed by atoms with Crippen molar-refractivity contribution in [3.05, 3.63) is 59.2 Å². The van der Waals surface area contributed by atoms with Crippen molar-refractivity contribution in [3.8, 4) is 17.0 Å². The van der Waals surface area contributed by atoms with Crippen molar-refractivity contribution in [1.29, 1.82) is 0 Å². The normalized spacial score (nSPS) is 12.6. The summed E-state index contributed by atoms with van der Waals surface area (Å²) in [5.41, 5.74) is 3.37. The number of anilines is 2. The molecule has 1 aliphatic carbocycles. The summed E-state index contributed by atoms with van der Waals surface area (Å²) in [7, 11) is 1.61. The van der Waals surface area contributed by atoms with Crippen LogP contribution in [0.5, 0.6) is 5.75 Å². The molecule has 0 radical (unpaired) electrons. The second-order valence-electron chi connectivity index (χ2n) is 5.79. The van der Waals surface area contributed by atoms with Gasteiger partial charge in [-0.2, -0.15) is 18.3 Å². The minimum Gasteiger partial charge on any atom is -0.496 e. The summed E-state index contributed by atoms with van der Waals surface area (Å²) in [6, 6.07) is 10.8. The molecule has 2 aromatic carbocycles. The lowest BCUT2D eigenvalue weighted by molar-refractivity contribution is -0.137. The van der Waals surface area contributed by atoms with Gasteiger partial charge in [0.1, 0.15) is 11.6 Å². The Labute approximate surface area is 141 Å². The van der Waals surface area contributed by atoms with Crippen molar-refractivity contribution in [2.45, 2.75) is 12.6 Å². The number of halogens is 3. The molecule has 128 valence electrons. The minimum atomic E-state index is -4.38. The molecule has 7 heteroatoms. The second kappa shape index (κ2) is 5.54. The number of nitrogens with zero attached hydrogens (tertiary/aromatic N) is 1. The average Bonchev–Trinajstić information content (AvgIpc) is 3.14. The number of nitrogens with one attached hydrogen (secondary N) is 2. The summed E-state index contributed by atoms with van der Waals surface area (Å²) in [4.78, 5) is 0. The number of rotatable bonds is 3. The molecule has 4 rings (SSSR count). The highest BCUT2D eigenvalue weighted by atomic mass is 19.4. The first-order valence-corrected chi connectivity index (χ1v) is 7.65. The second-order valence-corrected chi connectivity index (χ2v) is 5.79. The van der Waals surface area contributed by atoms with Crippen molar-refractivity contribution in [2.24, 2.45) is 0 Å². The maximum absolute atomic E-state index is 12.9. The Hall–Kier alpha value is -2.96. The Morgan fingerprint density at radius 2 is 1.92 bits per heavy atom. The standard InChI is InChI=1S/C18H14F3N3O/c1-25-15-7-3-6-12-13(15)9-14-16(12)23-24-17(14)22-11-5-2-4-10(8-11)18(19,20)21/h2-8H,9H2,1H3,(H2,22,23,24). The van der Waals surface area contributed by atoms with Crippen LogP contribution in [0.4, 0.5) is 24.7 Å². The molecular formula is C18H14F3N3O. The highest BCUT2D eigenvalue weighted by Gasteiger charge is 2.31. The molecule has 0 spiro atoms. The number of methoxy groups -OCH3 is 1. The molecule has 1 heterocycles. The first kappa shape index (κ1) is 15.6. The van der Waals surface area contributed by atoms with E-state index in [9.17, 15) is 13.2 Å². The highest BCUT2D eigenvalue weighted by molar-refractivity contribution is 5.81. The van der Waals surface area contributed by atoms with Crippen LogP contribution in [0.15, 0.2) is 42.5 Å². The van der Waals surface area contributed by atoms with Crippen molar-refractivity contribution >= 4 is 11.5 Å². The van der Waals surface area contributed by atoms with Crippen LogP contribution in [0.3, 0.4) is 0 Å². The first-order chi connectivity index (χ1) is 12.0. The minimum absolute atomic E-state index is 0.351. The van der Waals surface area contributed by atoms with E-state index >= 15 is 0 Å². The van der Waals surface area contributed by atoms with E-state index in [4.69, 9.17) is 4.74 Å². The third kappa shape index (κ3) is 2.61. The van der Waals surface area contributed by atoms with E-state index in [1.54, 1.807) is 13.2 Å². The first-order valence-electron chi connectivity index (χ1n) is 7.65. The van der Waals surface area contributed by atoms with Crippen LogP contribution in [0.2, 0.25) is 0 Å². The zero-order valence-electron chi connectivity index (χ0n) is 13.2. The average molecular weight is 345 g/mol. The maximum atomic E-state index is 12.9. The van der Waals surface area contributed by atoms with Crippen LogP contribution in [0, 0.1) is 0 Å². The third-order valence-electron chi connectivity index (χ3n) is 4.29. The van der Waals surface area contributed by atoms with Crippen LogP contribution >= 0.6 is 0 Å². The number of fused-ring (bicyclic) bond motifs is 3. The lowest BCUT2D eigenvalue weighted by Gasteiger charge is -2.10. The van der Waals surface area contributed by atoms with E-state index in [0.717, 1.165) is 40.3 Å². The number of H-pyrrole nitrogens is 1. The van der Waals surface area contributed by atoms with Gasteiger partial charge in [-0.1, -0.05) is 18.2 Å². The van der Waals surface area contributed by atoms with E-state index in [1.807, 2.05) is 18.2 Å². The molecule has 4 nitrogen and oxygen atoms in total. The Kier molecular flexibility index (Phi) is 3.45. The van der Waals surface area contributed by atoms with E-state index in [2.05, 4.69) is 15.5 Å². The van der Waals surface area contributed by atoms with Crippen molar-refractivity contribution in [1.82, 2.24) is 10.2 Å². The summed E-state index contributed by atoms with van der Waals surface area (Å²) in [6.07, 6.45) is -3.77. The van der Waals surface area contributed by atoms with Gasteiger partial charge in [0, 0.05) is 28.8 Å². The van der Waals surface area contributed by atoms with E-state index in [-0.39, 0.29) is 0 Å². The Morgan fingerprint density at radius 3 is 2.68 bits per heavy atom. The van der Waals surface area contributed by atoms with E-state index < -0.39 is 11.7 Å². The van der Waals surface area contributed by atoms with Gasteiger partial charge in [0.25, 0.3) is 0 Å². The van der Waals surface area contributed by atoms with E-state index in [1.165, 1.54) is 6.07 Å². The molecule has 0 bridgehead atoms. The molecule has 2 N–H and O–H groups in total. The van der Waals surface area contributed by atoms with Crippen LogP contribution in [0.25, 0.3) is 11.3 Å². The van der Waals surface area contributed by atoms with Crippen molar-refractivity contribution in [2.75, 3.05) is 12.4 Å². The Morgan fingerprint density at radius 1 is 1.12 bits per heavy atom. The van der Waals surface area contributed by atoms with Crippen LogP contribution in [0.1, 0.15) is 16.7 Å². The summed E-state index contributed by atoms with van der Waals surface area (Å²) in [6.45, 7) is 0. The fourth-order valence-corrected chi connectivity index (χ4v) is 3.12. The fourth-order valence-electron chi connectivity index (χ4n) is 3.12. The van der Waals surface area contributed by atoms with Gasteiger partial charge in [-0.15, -0.1) is 0 Å². The zero-order valence-corrected chi connectivity index (χ0v) is 13.2. The molecule has 0 fully saturated rings. The summed E-state index contributed by atoms with van der Waals surface area (Å²) < 4.78 is 44.0.